The van der Waals surface area contributed by atoms with E-state index in [0.717, 1.165) is 29.8 Å². The van der Waals surface area contributed by atoms with Gasteiger partial charge in [0.2, 0.25) is 0 Å². The molecule has 0 bridgehead atoms. The lowest BCUT2D eigenvalue weighted by atomic mass is 9.74. The molecule has 0 radical (unpaired) electrons. The Hall–Kier alpha value is -3.71. The largest absolute Gasteiger partial charge is 0.494 e. The molecule has 0 saturated carbocycles. The van der Waals surface area contributed by atoms with Gasteiger partial charge in [-0.3, -0.25) is 4.79 Å². The predicted molar refractivity (Wildman–Crippen MR) is 130 cm³/mol. The molecule has 34 heavy (non-hydrogen) atoms. The van der Waals surface area contributed by atoms with Crippen molar-refractivity contribution in [3.05, 3.63) is 84.2 Å². The summed E-state index contributed by atoms with van der Waals surface area (Å²) in [7, 11) is 0. The van der Waals surface area contributed by atoms with Gasteiger partial charge in [-0.15, -0.1) is 0 Å². The monoisotopic (exact) mass is 456 g/mol. The quantitative estimate of drug-likeness (QED) is 0.449. The zero-order valence-electron chi connectivity index (χ0n) is 19.2. The molecule has 1 aliphatic heterocycles. The molecule has 2 aromatic heterocycles. The number of nitrogens with one attached hydrogen (secondary N) is 1. The Bertz CT molecular complexity index is 1260. The molecular weight excluding hydrogens is 428 g/mol. The number of hydrogen-bond acceptors (Lipinski definition) is 5. The number of benzene rings is 2. The van der Waals surface area contributed by atoms with Crippen molar-refractivity contribution in [1.82, 2.24) is 19.9 Å². The fourth-order valence-corrected chi connectivity index (χ4v) is 4.62. The summed E-state index contributed by atoms with van der Waals surface area (Å²) < 4.78 is 13.0. The molecule has 0 aliphatic carbocycles. The van der Waals surface area contributed by atoms with Crippen LogP contribution in [0.1, 0.15) is 35.7 Å². The number of carbonyl (C=O) groups excluding carboxylic acids is 1. The van der Waals surface area contributed by atoms with Crippen LogP contribution in [0, 0.1) is 0 Å². The molecular formula is C27H28N4O3. The Morgan fingerprint density at radius 1 is 1.09 bits per heavy atom. The van der Waals surface area contributed by atoms with E-state index in [1.54, 1.807) is 16.9 Å². The van der Waals surface area contributed by atoms with Crippen LogP contribution in [0.3, 0.4) is 0 Å². The van der Waals surface area contributed by atoms with Gasteiger partial charge in [0.1, 0.15) is 11.3 Å². The summed E-state index contributed by atoms with van der Waals surface area (Å²) in [6.45, 7) is 4.46. The van der Waals surface area contributed by atoms with Gasteiger partial charge in [-0.2, -0.15) is 5.10 Å². The Morgan fingerprint density at radius 2 is 1.85 bits per heavy atom. The number of fused-ring (bicyclic) bond motifs is 1. The second-order valence-corrected chi connectivity index (χ2v) is 8.52. The zero-order chi connectivity index (χ0) is 23.4. The van der Waals surface area contributed by atoms with Gasteiger partial charge in [0.25, 0.3) is 5.91 Å². The number of ether oxygens (including phenoxy) is 2. The van der Waals surface area contributed by atoms with Crippen molar-refractivity contribution in [2.45, 2.75) is 25.2 Å². The van der Waals surface area contributed by atoms with E-state index in [0.29, 0.717) is 37.6 Å². The van der Waals surface area contributed by atoms with Crippen LogP contribution in [0.25, 0.3) is 16.9 Å². The molecule has 0 atom stereocenters. The average Bonchev–Trinajstić information content (AvgIpc) is 3.33. The maximum atomic E-state index is 13.3. The first kappa shape index (κ1) is 22.1. The fourth-order valence-electron chi connectivity index (χ4n) is 4.62. The van der Waals surface area contributed by atoms with Crippen LogP contribution in [0.4, 0.5) is 0 Å². The topological polar surface area (TPSA) is 77.8 Å². The summed E-state index contributed by atoms with van der Waals surface area (Å²) in [5.41, 5.74) is 3.91. The van der Waals surface area contributed by atoms with Crippen molar-refractivity contribution in [1.29, 1.82) is 0 Å². The molecule has 1 amide bonds. The molecule has 0 spiro atoms. The smallest absolute Gasteiger partial charge is 0.256 e. The minimum Gasteiger partial charge on any atom is -0.494 e. The van der Waals surface area contributed by atoms with Crippen molar-refractivity contribution in [3.63, 3.8) is 0 Å². The summed E-state index contributed by atoms with van der Waals surface area (Å²) in [6.07, 6.45) is 4.99. The van der Waals surface area contributed by atoms with Gasteiger partial charge in [0, 0.05) is 36.9 Å². The molecule has 3 heterocycles. The van der Waals surface area contributed by atoms with Crippen molar-refractivity contribution in [3.8, 4) is 17.0 Å². The number of nitrogens with zero attached hydrogens (tertiary/aromatic N) is 3. The Labute approximate surface area is 198 Å². The van der Waals surface area contributed by atoms with Crippen LogP contribution < -0.4 is 10.1 Å². The van der Waals surface area contributed by atoms with Gasteiger partial charge in [-0.1, -0.05) is 42.5 Å². The Balaban J connectivity index is 1.39. The third-order valence-electron chi connectivity index (χ3n) is 6.53. The van der Waals surface area contributed by atoms with E-state index in [4.69, 9.17) is 9.47 Å². The molecule has 1 N–H and O–H groups in total. The number of carbonyl (C=O) groups is 1. The fraction of sp³-hybridized carbons (Fsp3) is 0.296. The molecule has 2 aromatic carbocycles. The standard InChI is InChI=1S/C27H28N4O3/c1-2-34-22-10-8-21(9-11-22)27(13-16-33-17-14-27)19-29-26(32)23-18-30-31-24(12-15-28-25(23)31)20-6-4-3-5-7-20/h3-12,15,18H,2,13-14,16-17,19H2,1H3,(H,29,32). The van der Waals surface area contributed by atoms with Crippen molar-refractivity contribution < 1.29 is 14.3 Å². The number of rotatable bonds is 7. The lowest BCUT2D eigenvalue weighted by Crippen LogP contribution is -2.44. The second-order valence-electron chi connectivity index (χ2n) is 8.52. The van der Waals surface area contributed by atoms with Crippen molar-refractivity contribution in [2.24, 2.45) is 0 Å². The van der Waals surface area contributed by atoms with Gasteiger partial charge in [-0.05, 0) is 43.5 Å². The third-order valence-corrected chi connectivity index (χ3v) is 6.53. The van der Waals surface area contributed by atoms with Crippen molar-refractivity contribution in [2.75, 3.05) is 26.4 Å². The first-order valence-electron chi connectivity index (χ1n) is 11.7. The van der Waals surface area contributed by atoms with E-state index < -0.39 is 0 Å². The molecule has 4 aromatic rings. The lowest BCUT2D eigenvalue weighted by Gasteiger charge is -2.38. The number of aromatic nitrogens is 3. The highest BCUT2D eigenvalue weighted by atomic mass is 16.5. The van der Waals surface area contributed by atoms with Crippen LogP contribution in [-0.4, -0.2) is 46.9 Å². The number of amides is 1. The maximum absolute atomic E-state index is 13.3. The van der Waals surface area contributed by atoms with E-state index in [1.807, 2.05) is 55.5 Å². The minimum atomic E-state index is -0.190. The molecule has 1 fully saturated rings. The maximum Gasteiger partial charge on any atom is 0.256 e. The summed E-state index contributed by atoms with van der Waals surface area (Å²) in [5, 5.41) is 7.64. The van der Waals surface area contributed by atoms with E-state index in [-0.39, 0.29) is 11.3 Å². The molecule has 7 heteroatoms. The highest BCUT2D eigenvalue weighted by Gasteiger charge is 2.35. The summed E-state index contributed by atoms with van der Waals surface area (Å²) in [6, 6.07) is 20.1. The molecule has 174 valence electrons. The van der Waals surface area contributed by atoms with Gasteiger partial charge in [0.15, 0.2) is 5.65 Å². The Kier molecular flexibility index (Phi) is 6.27. The number of hydrogen-bond donors (Lipinski definition) is 1. The van der Waals surface area contributed by atoms with E-state index >= 15 is 0 Å². The average molecular weight is 457 g/mol. The summed E-state index contributed by atoms with van der Waals surface area (Å²) >= 11 is 0. The third kappa shape index (κ3) is 4.26. The van der Waals surface area contributed by atoms with Gasteiger partial charge in [0.05, 0.1) is 18.5 Å². The van der Waals surface area contributed by atoms with E-state index in [1.165, 1.54) is 5.56 Å². The van der Waals surface area contributed by atoms with Crippen LogP contribution in [-0.2, 0) is 10.2 Å². The zero-order valence-corrected chi connectivity index (χ0v) is 19.2. The summed E-state index contributed by atoms with van der Waals surface area (Å²) in [4.78, 5) is 17.7. The van der Waals surface area contributed by atoms with Gasteiger partial charge >= 0.3 is 0 Å². The minimum absolute atomic E-state index is 0.176. The second kappa shape index (κ2) is 9.65. The highest BCUT2D eigenvalue weighted by Crippen LogP contribution is 2.35. The highest BCUT2D eigenvalue weighted by molar-refractivity contribution is 6.00. The van der Waals surface area contributed by atoms with Crippen LogP contribution in [0.5, 0.6) is 5.75 Å². The molecule has 1 saturated heterocycles. The van der Waals surface area contributed by atoms with Crippen LogP contribution in [0.15, 0.2) is 73.1 Å². The van der Waals surface area contributed by atoms with E-state index in [9.17, 15) is 4.79 Å². The van der Waals surface area contributed by atoms with E-state index in [2.05, 4.69) is 27.5 Å². The summed E-state index contributed by atoms with van der Waals surface area (Å²) in [5.74, 6) is 0.675. The molecule has 5 rings (SSSR count). The van der Waals surface area contributed by atoms with Gasteiger partial charge in [-0.25, -0.2) is 9.50 Å². The SMILES string of the molecule is CCOc1ccc(C2(CNC(=O)c3cnn4c(-c5ccccc5)ccnc34)CCOCC2)cc1. The lowest BCUT2D eigenvalue weighted by molar-refractivity contribution is 0.0487. The normalized spacial score (nSPS) is 15.2. The predicted octanol–water partition coefficient (Wildman–Crippen LogP) is 4.27. The van der Waals surface area contributed by atoms with Crippen LogP contribution in [0.2, 0.25) is 0 Å². The Morgan fingerprint density at radius 3 is 2.59 bits per heavy atom. The molecule has 7 nitrogen and oxygen atoms in total. The van der Waals surface area contributed by atoms with Gasteiger partial charge < -0.3 is 14.8 Å². The molecule has 0 unspecified atom stereocenters. The van der Waals surface area contributed by atoms with Crippen LogP contribution >= 0.6 is 0 Å². The molecule has 1 aliphatic rings. The first-order valence-corrected chi connectivity index (χ1v) is 11.7. The van der Waals surface area contributed by atoms with Crippen molar-refractivity contribution >= 4 is 11.6 Å². The first-order chi connectivity index (χ1) is 16.7.